The second-order valence-electron chi connectivity index (χ2n) is 6.50. The molecule has 5 N–H and O–H groups in total. The van der Waals surface area contributed by atoms with Crippen LogP contribution >= 0.6 is 11.3 Å². The zero-order valence-corrected chi connectivity index (χ0v) is 15.4. The van der Waals surface area contributed by atoms with Crippen LogP contribution in [0.4, 0.5) is 11.5 Å². The molecule has 6 nitrogen and oxygen atoms in total. The van der Waals surface area contributed by atoms with Gasteiger partial charge in [-0.15, -0.1) is 11.3 Å². The summed E-state index contributed by atoms with van der Waals surface area (Å²) in [6, 6.07) is 7.65. The lowest BCUT2D eigenvalue weighted by Gasteiger charge is -2.28. The average Bonchev–Trinajstić information content (AvgIpc) is 3.11. The lowest BCUT2D eigenvalue weighted by molar-refractivity contribution is 0.575. The minimum absolute atomic E-state index is 0.500. The van der Waals surface area contributed by atoms with Crippen molar-refractivity contribution in [3.63, 3.8) is 0 Å². The zero-order valence-electron chi connectivity index (χ0n) is 14.5. The molecule has 1 saturated heterocycles. The molecule has 0 saturated carbocycles. The molecule has 1 fully saturated rings. The highest BCUT2D eigenvalue weighted by Crippen LogP contribution is 2.36. The Labute approximate surface area is 156 Å². The van der Waals surface area contributed by atoms with Gasteiger partial charge in [-0.2, -0.15) is 0 Å². The number of thiophene rings is 1. The van der Waals surface area contributed by atoms with Crippen LogP contribution in [-0.4, -0.2) is 29.3 Å². The Kier molecular flexibility index (Phi) is 4.57. The van der Waals surface area contributed by atoms with Gasteiger partial charge in [0.05, 0.1) is 10.2 Å². The molecule has 0 spiro atoms. The van der Waals surface area contributed by atoms with Crippen LogP contribution in [0.15, 0.2) is 24.3 Å². The third-order valence-electron chi connectivity index (χ3n) is 4.79. The largest absolute Gasteiger partial charge is 0.398 e. The molecular formula is C19H22N6S. The first-order valence-electron chi connectivity index (χ1n) is 8.86. The average molecular weight is 366 g/mol. The summed E-state index contributed by atoms with van der Waals surface area (Å²) in [5.74, 6) is 1.60. The van der Waals surface area contributed by atoms with Gasteiger partial charge >= 0.3 is 0 Å². The Bertz CT molecular complexity index is 958. The van der Waals surface area contributed by atoms with E-state index < -0.39 is 0 Å². The summed E-state index contributed by atoms with van der Waals surface area (Å²) in [6.07, 6.45) is 4.90. The lowest BCUT2D eigenvalue weighted by atomic mass is 10.1. The van der Waals surface area contributed by atoms with E-state index in [2.05, 4.69) is 11.0 Å². The van der Waals surface area contributed by atoms with Gasteiger partial charge in [-0.05, 0) is 31.4 Å². The van der Waals surface area contributed by atoms with E-state index in [0.29, 0.717) is 23.6 Å². The molecule has 3 aromatic rings. The second-order valence-corrected chi connectivity index (χ2v) is 7.64. The normalized spacial score (nSPS) is 14.7. The monoisotopic (exact) mass is 366 g/mol. The molecule has 4 rings (SSSR count). The van der Waals surface area contributed by atoms with Gasteiger partial charge in [0.25, 0.3) is 0 Å². The molecule has 3 heterocycles. The van der Waals surface area contributed by atoms with E-state index in [4.69, 9.17) is 26.8 Å². The van der Waals surface area contributed by atoms with Gasteiger partial charge in [-0.3, -0.25) is 0 Å². The van der Waals surface area contributed by atoms with Crippen molar-refractivity contribution in [1.29, 1.82) is 5.41 Å². The summed E-state index contributed by atoms with van der Waals surface area (Å²) in [4.78, 5) is 13.1. The van der Waals surface area contributed by atoms with E-state index in [1.807, 2.05) is 12.1 Å². The highest BCUT2D eigenvalue weighted by Gasteiger charge is 2.20. The summed E-state index contributed by atoms with van der Waals surface area (Å²) in [5.41, 5.74) is 14.8. The van der Waals surface area contributed by atoms with Gasteiger partial charge in [0, 0.05) is 47.5 Å². The van der Waals surface area contributed by atoms with Crippen molar-refractivity contribution in [2.45, 2.75) is 25.8 Å². The number of rotatable bonds is 4. The molecule has 2 aromatic heterocycles. The number of anilines is 2. The van der Waals surface area contributed by atoms with Crippen molar-refractivity contribution >= 4 is 39.3 Å². The number of piperidine rings is 1. The van der Waals surface area contributed by atoms with Gasteiger partial charge in [0.1, 0.15) is 0 Å². The van der Waals surface area contributed by atoms with Crippen LogP contribution in [0.3, 0.4) is 0 Å². The maximum Gasteiger partial charge on any atom is 0.162 e. The van der Waals surface area contributed by atoms with Crippen molar-refractivity contribution in [3.05, 3.63) is 34.7 Å². The molecule has 0 amide bonds. The van der Waals surface area contributed by atoms with E-state index in [0.717, 1.165) is 39.6 Å². The van der Waals surface area contributed by atoms with Gasteiger partial charge < -0.3 is 21.8 Å². The summed E-state index contributed by atoms with van der Waals surface area (Å²) < 4.78 is 1.09. The van der Waals surface area contributed by atoms with Gasteiger partial charge in [0.2, 0.25) is 0 Å². The molecular weight excluding hydrogens is 344 g/mol. The Morgan fingerprint density at radius 2 is 2.00 bits per heavy atom. The summed E-state index contributed by atoms with van der Waals surface area (Å²) in [6.45, 7) is 2.52. The third kappa shape index (κ3) is 2.93. The Morgan fingerprint density at radius 1 is 1.19 bits per heavy atom. The van der Waals surface area contributed by atoms with Crippen LogP contribution in [0.5, 0.6) is 0 Å². The van der Waals surface area contributed by atoms with Crippen molar-refractivity contribution < 1.29 is 0 Å². The number of nitrogen functional groups attached to an aromatic ring is 1. The number of nitrogens with two attached hydrogens (primary N) is 2. The van der Waals surface area contributed by atoms with E-state index in [1.54, 1.807) is 17.4 Å². The Hall–Kier alpha value is -2.51. The first kappa shape index (κ1) is 16.9. The van der Waals surface area contributed by atoms with Crippen molar-refractivity contribution in [1.82, 2.24) is 9.97 Å². The van der Waals surface area contributed by atoms with Crippen molar-refractivity contribution in [2.24, 2.45) is 5.73 Å². The lowest BCUT2D eigenvalue weighted by Crippen LogP contribution is -2.30. The molecule has 0 unspecified atom stereocenters. The first-order chi connectivity index (χ1) is 12.7. The number of nitrogens with zero attached hydrogens (tertiary/aromatic N) is 3. The number of benzene rings is 1. The molecule has 7 heteroatoms. The quantitative estimate of drug-likeness (QED) is 0.485. The van der Waals surface area contributed by atoms with Gasteiger partial charge in [-0.25, -0.2) is 9.97 Å². The fourth-order valence-corrected chi connectivity index (χ4v) is 4.44. The minimum atomic E-state index is 0.500. The summed E-state index contributed by atoms with van der Waals surface area (Å²) in [7, 11) is 0. The van der Waals surface area contributed by atoms with Crippen molar-refractivity contribution in [2.75, 3.05) is 23.7 Å². The first-order valence-corrected chi connectivity index (χ1v) is 9.67. The van der Waals surface area contributed by atoms with Crippen LogP contribution in [0.25, 0.3) is 21.6 Å². The van der Waals surface area contributed by atoms with Crippen LogP contribution in [0, 0.1) is 5.41 Å². The van der Waals surface area contributed by atoms with Crippen LogP contribution < -0.4 is 16.4 Å². The molecule has 26 heavy (non-hydrogen) atoms. The van der Waals surface area contributed by atoms with E-state index in [9.17, 15) is 0 Å². The van der Waals surface area contributed by atoms with Crippen LogP contribution in [-0.2, 0) is 6.54 Å². The van der Waals surface area contributed by atoms with Crippen LogP contribution in [0.1, 0.15) is 29.7 Å². The fourth-order valence-electron chi connectivity index (χ4n) is 3.44. The fraction of sp³-hybridized carbons (Fsp3) is 0.316. The smallest absolute Gasteiger partial charge is 0.162 e. The van der Waals surface area contributed by atoms with Gasteiger partial charge in [0.15, 0.2) is 11.6 Å². The molecule has 1 aliphatic heterocycles. The van der Waals surface area contributed by atoms with Crippen LogP contribution in [0.2, 0.25) is 0 Å². The second kappa shape index (κ2) is 7.01. The van der Waals surface area contributed by atoms with E-state index in [1.165, 1.54) is 25.5 Å². The molecule has 0 aliphatic carbocycles. The zero-order chi connectivity index (χ0) is 18.1. The molecule has 0 atom stereocenters. The number of nitrogens with one attached hydrogen (secondary N) is 1. The maximum atomic E-state index is 7.74. The summed E-state index contributed by atoms with van der Waals surface area (Å²) >= 11 is 1.67. The molecule has 134 valence electrons. The molecule has 1 aromatic carbocycles. The SMILES string of the molecule is N=Cc1c(N)cccc1-c1nc(N2CCCCC2)c2sc(CN)cc2n1. The molecule has 0 bridgehead atoms. The minimum Gasteiger partial charge on any atom is -0.398 e. The number of fused-ring (bicyclic) bond motifs is 1. The standard InChI is InChI=1S/C19H22N6S/c20-10-12-9-16-17(26-12)19(25-7-2-1-3-8-25)24-18(23-16)13-5-4-6-15(22)14(13)11-21/h4-6,9,11,21H,1-3,7-8,10,20,22H2. The number of hydrogen-bond donors (Lipinski definition) is 3. The molecule has 1 aliphatic rings. The highest BCUT2D eigenvalue weighted by atomic mass is 32.1. The number of aromatic nitrogens is 2. The highest BCUT2D eigenvalue weighted by molar-refractivity contribution is 7.19. The number of hydrogen-bond acceptors (Lipinski definition) is 7. The van der Waals surface area contributed by atoms with E-state index in [-0.39, 0.29) is 0 Å². The topological polar surface area (TPSA) is 105 Å². The maximum absolute atomic E-state index is 7.74. The predicted molar refractivity (Wildman–Crippen MR) is 109 cm³/mol. The Balaban J connectivity index is 1.93. The predicted octanol–water partition coefficient (Wildman–Crippen LogP) is 3.39. The van der Waals surface area contributed by atoms with E-state index >= 15 is 0 Å². The summed E-state index contributed by atoms with van der Waals surface area (Å²) in [5, 5.41) is 7.74. The molecule has 0 radical (unpaired) electrons. The van der Waals surface area contributed by atoms with Gasteiger partial charge in [-0.1, -0.05) is 12.1 Å². The third-order valence-corrected chi connectivity index (χ3v) is 5.93. The Morgan fingerprint density at radius 3 is 2.73 bits per heavy atom. The van der Waals surface area contributed by atoms with Crippen molar-refractivity contribution in [3.8, 4) is 11.4 Å².